The summed E-state index contributed by atoms with van der Waals surface area (Å²) in [6.45, 7) is 10.3. The van der Waals surface area contributed by atoms with Crippen molar-refractivity contribution in [2.24, 2.45) is 10.9 Å². The minimum atomic E-state index is 0.545. The summed E-state index contributed by atoms with van der Waals surface area (Å²) >= 11 is 0. The number of hydrogen-bond acceptors (Lipinski definition) is 2. The van der Waals surface area contributed by atoms with Crippen molar-refractivity contribution < 1.29 is 4.74 Å². The second kappa shape index (κ2) is 9.86. The topological polar surface area (TPSA) is 45.7 Å². The molecule has 0 aliphatic carbocycles. The van der Waals surface area contributed by atoms with Crippen LogP contribution in [0.1, 0.15) is 19.4 Å². The predicted molar refractivity (Wildman–Crippen MR) is 90.0 cm³/mol. The summed E-state index contributed by atoms with van der Waals surface area (Å²) in [6.07, 6.45) is 2.75. The van der Waals surface area contributed by atoms with E-state index in [0.29, 0.717) is 12.5 Å². The number of nitrogens with zero attached hydrogens (tertiary/aromatic N) is 1. The molecule has 0 heterocycles. The first-order valence-corrected chi connectivity index (χ1v) is 7.43. The maximum atomic E-state index is 5.67. The van der Waals surface area contributed by atoms with E-state index in [2.05, 4.69) is 48.2 Å². The van der Waals surface area contributed by atoms with Gasteiger partial charge in [-0.3, -0.25) is 4.99 Å². The van der Waals surface area contributed by atoms with E-state index in [9.17, 15) is 0 Å². The first kappa shape index (κ1) is 17.1. The lowest BCUT2D eigenvalue weighted by molar-refractivity contribution is 0.271. The molecule has 0 unspecified atom stereocenters. The van der Waals surface area contributed by atoms with Gasteiger partial charge in [0, 0.05) is 20.1 Å². The third-order valence-corrected chi connectivity index (χ3v) is 2.85. The van der Waals surface area contributed by atoms with E-state index >= 15 is 0 Å². The normalized spacial score (nSPS) is 11.3. The Labute approximate surface area is 128 Å². The first-order valence-electron chi connectivity index (χ1n) is 7.43. The van der Waals surface area contributed by atoms with Crippen LogP contribution in [0.15, 0.2) is 41.9 Å². The fourth-order valence-electron chi connectivity index (χ4n) is 1.73. The highest BCUT2D eigenvalue weighted by atomic mass is 16.5. The van der Waals surface area contributed by atoms with E-state index in [0.717, 1.165) is 31.3 Å². The van der Waals surface area contributed by atoms with Gasteiger partial charge < -0.3 is 15.4 Å². The van der Waals surface area contributed by atoms with Gasteiger partial charge in [0.1, 0.15) is 5.75 Å². The van der Waals surface area contributed by atoms with Crippen molar-refractivity contribution in [3.63, 3.8) is 0 Å². The van der Waals surface area contributed by atoms with Crippen molar-refractivity contribution in [1.29, 1.82) is 0 Å². The number of aliphatic imine (C=N–C) groups is 1. The molecule has 0 radical (unpaired) electrons. The molecule has 0 bridgehead atoms. The fourth-order valence-corrected chi connectivity index (χ4v) is 1.73. The molecule has 4 heteroatoms. The molecule has 2 N–H and O–H groups in total. The van der Waals surface area contributed by atoms with Gasteiger partial charge in [-0.15, -0.1) is 6.58 Å². The van der Waals surface area contributed by atoms with Crippen LogP contribution in [0.2, 0.25) is 0 Å². The molecule has 0 amide bonds. The van der Waals surface area contributed by atoms with Crippen LogP contribution < -0.4 is 15.4 Å². The van der Waals surface area contributed by atoms with E-state index in [-0.39, 0.29) is 0 Å². The van der Waals surface area contributed by atoms with Gasteiger partial charge in [-0.1, -0.05) is 32.1 Å². The van der Waals surface area contributed by atoms with E-state index in [1.54, 1.807) is 7.05 Å². The second-order valence-electron chi connectivity index (χ2n) is 5.27. The van der Waals surface area contributed by atoms with Gasteiger partial charge in [0.25, 0.3) is 0 Å². The highest BCUT2D eigenvalue weighted by Gasteiger charge is 1.99. The van der Waals surface area contributed by atoms with Crippen LogP contribution in [0.5, 0.6) is 5.75 Å². The Morgan fingerprint density at radius 2 is 2.00 bits per heavy atom. The summed E-state index contributed by atoms with van der Waals surface area (Å²) in [5.74, 6) is 2.28. The largest absolute Gasteiger partial charge is 0.493 e. The number of rotatable bonds is 8. The van der Waals surface area contributed by atoms with Crippen molar-refractivity contribution in [2.45, 2.75) is 20.3 Å². The zero-order valence-corrected chi connectivity index (χ0v) is 13.4. The van der Waals surface area contributed by atoms with Crippen LogP contribution in [0.3, 0.4) is 0 Å². The molecule has 0 saturated heterocycles. The van der Waals surface area contributed by atoms with E-state index < -0.39 is 0 Å². The molecule has 0 atom stereocenters. The van der Waals surface area contributed by atoms with Crippen LogP contribution in [0.4, 0.5) is 0 Å². The highest BCUT2D eigenvalue weighted by molar-refractivity contribution is 5.79. The van der Waals surface area contributed by atoms with Gasteiger partial charge in [-0.25, -0.2) is 0 Å². The average molecular weight is 289 g/mol. The Hall–Kier alpha value is -1.97. The molecule has 0 spiro atoms. The Morgan fingerprint density at radius 1 is 1.29 bits per heavy atom. The smallest absolute Gasteiger partial charge is 0.191 e. The summed E-state index contributed by atoms with van der Waals surface area (Å²) in [5, 5.41) is 6.41. The van der Waals surface area contributed by atoms with Crippen molar-refractivity contribution in [3.05, 3.63) is 42.5 Å². The molecule has 0 fully saturated rings. The summed E-state index contributed by atoms with van der Waals surface area (Å²) in [4.78, 5) is 4.14. The van der Waals surface area contributed by atoms with Crippen LogP contribution in [0, 0.1) is 5.92 Å². The third kappa shape index (κ3) is 7.40. The lowest BCUT2D eigenvalue weighted by atomic mass is 10.1. The molecule has 1 aromatic rings. The molecular weight excluding hydrogens is 262 g/mol. The zero-order chi connectivity index (χ0) is 15.5. The monoisotopic (exact) mass is 289 g/mol. The van der Waals surface area contributed by atoms with E-state index in [1.165, 1.54) is 5.56 Å². The highest BCUT2D eigenvalue weighted by Crippen LogP contribution is 2.13. The molecule has 0 saturated carbocycles. The maximum absolute atomic E-state index is 5.67. The van der Waals surface area contributed by atoms with Crippen molar-refractivity contribution >= 4 is 5.96 Å². The van der Waals surface area contributed by atoms with E-state index in [4.69, 9.17) is 4.74 Å². The Morgan fingerprint density at radius 3 is 2.57 bits per heavy atom. The van der Waals surface area contributed by atoms with E-state index in [1.807, 2.05) is 18.2 Å². The lowest BCUT2D eigenvalue weighted by Gasteiger charge is -2.11. The maximum Gasteiger partial charge on any atom is 0.191 e. The van der Waals surface area contributed by atoms with Gasteiger partial charge >= 0.3 is 0 Å². The molecular formula is C17H27N3O. The van der Waals surface area contributed by atoms with Crippen LogP contribution >= 0.6 is 0 Å². The van der Waals surface area contributed by atoms with Crippen molar-refractivity contribution in [3.8, 4) is 5.75 Å². The number of benzene rings is 1. The summed E-state index contributed by atoms with van der Waals surface area (Å²) in [6, 6.07) is 8.28. The third-order valence-electron chi connectivity index (χ3n) is 2.85. The second-order valence-corrected chi connectivity index (χ2v) is 5.27. The summed E-state index contributed by atoms with van der Waals surface area (Å²) in [7, 11) is 1.76. The molecule has 116 valence electrons. The minimum absolute atomic E-state index is 0.545. The molecule has 4 nitrogen and oxygen atoms in total. The Bertz CT molecular complexity index is 438. The zero-order valence-electron chi connectivity index (χ0n) is 13.4. The van der Waals surface area contributed by atoms with Gasteiger partial charge in [0.2, 0.25) is 0 Å². The molecule has 0 aliphatic heterocycles. The molecule has 21 heavy (non-hydrogen) atoms. The van der Waals surface area contributed by atoms with Crippen LogP contribution in [-0.2, 0) is 6.42 Å². The SMILES string of the molecule is C=CCNC(=NC)NCCc1ccc(OCC(C)C)cc1. The summed E-state index contributed by atoms with van der Waals surface area (Å²) < 4.78 is 5.67. The fraction of sp³-hybridized carbons (Fsp3) is 0.471. The molecule has 0 aromatic heterocycles. The first-order chi connectivity index (χ1) is 10.2. The molecule has 0 aliphatic rings. The van der Waals surface area contributed by atoms with Gasteiger partial charge in [-0.2, -0.15) is 0 Å². The van der Waals surface area contributed by atoms with Gasteiger partial charge in [0.15, 0.2) is 5.96 Å². The van der Waals surface area contributed by atoms with Crippen LogP contribution in [-0.4, -0.2) is 32.7 Å². The number of hydrogen-bond donors (Lipinski definition) is 2. The quantitative estimate of drug-likeness (QED) is 0.439. The standard InChI is InChI=1S/C17H27N3O/c1-5-11-19-17(18-4)20-12-10-15-6-8-16(9-7-15)21-13-14(2)3/h5-9,14H,1,10-13H2,2-4H3,(H2,18,19,20). The lowest BCUT2D eigenvalue weighted by Crippen LogP contribution is -2.38. The summed E-state index contributed by atoms with van der Waals surface area (Å²) in [5.41, 5.74) is 1.28. The number of ether oxygens (including phenoxy) is 1. The Kier molecular flexibility index (Phi) is 8.02. The molecule has 1 aromatic carbocycles. The average Bonchev–Trinajstić information content (AvgIpc) is 2.49. The number of guanidine groups is 1. The molecule has 1 rings (SSSR count). The number of nitrogens with one attached hydrogen (secondary N) is 2. The minimum Gasteiger partial charge on any atom is -0.493 e. The van der Waals surface area contributed by atoms with Crippen molar-refractivity contribution in [2.75, 3.05) is 26.7 Å². The predicted octanol–water partition coefficient (Wildman–Crippen LogP) is 2.61. The van der Waals surface area contributed by atoms with Crippen molar-refractivity contribution in [1.82, 2.24) is 10.6 Å². The van der Waals surface area contributed by atoms with Gasteiger partial charge in [-0.05, 0) is 30.0 Å². The van der Waals surface area contributed by atoms with Gasteiger partial charge in [0.05, 0.1) is 6.61 Å². The van der Waals surface area contributed by atoms with Crippen LogP contribution in [0.25, 0.3) is 0 Å². The Balaban J connectivity index is 2.33.